The van der Waals surface area contributed by atoms with Crippen molar-refractivity contribution >= 4 is 10.0 Å². The monoisotopic (exact) mass is 396 g/mol. The van der Waals surface area contributed by atoms with Crippen molar-refractivity contribution in [1.29, 1.82) is 0 Å². The number of nitrogens with one attached hydrogen (secondary N) is 1. The first-order valence-corrected chi connectivity index (χ1v) is 10.1. The zero-order valence-corrected chi connectivity index (χ0v) is 15.8. The first-order chi connectivity index (χ1) is 12.9. The van der Waals surface area contributed by atoms with Crippen molar-refractivity contribution in [2.45, 2.75) is 10.9 Å². The topological polar surface area (TPSA) is 65.5 Å². The fourth-order valence-corrected chi connectivity index (χ4v) is 4.24. The van der Waals surface area contributed by atoms with Gasteiger partial charge in [-0.25, -0.2) is 21.9 Å². The van der Waals surface area contributed by atoms with E-state index in [0.717, 1.165) is 43.9 Å². The Kier molecular flexibility index (Phi) is 6.15. The number of benzene rings is 1. The minimum atomic E-state index is -4.19. The fourth-order valence-electron chi connectivity index (χ4n) is 3.11. The van der Waals surface area contributed by atoms with Crippen molar-refractivity contribution < 1.29 is 17.2 Å². The Hall–Kier alpha value is -1.94. The standard InChI is InChI=1S/C18H22F2N4O2S/c1-23-7-9-24(10-8-23)17(14-3-2-6-21-12-14)13-22-27(25,26)18-11-15(19)4-5-16(18)20/h2-6,11-12,17,22H,7-10,13H2,1H3. The predicted molar refractivity (Wildman–Crippen MR) is 97.6 cm³/mol. The Labute approximate surface area is 157 Å². The van der Waals surface area contributed by atoms with Gasteiger partial charge in [0.15, 0.2) is 0 Å². The lowest BCUT2D eigenvalue weighted by Crippen LogP contribution is -2.48. The number of aromatic nitrogens is 1. The van der Waals surface area contributed by atoms with Crippen molar-refractivity contribution in [3.05, 3.63) is 59.9 Å². The van der Waals surface area contributed by atoms with E-state index in [4.69, 9.17) is 0 Å². The molecular formula is C18H22F2N4O2S. The normalized spacial score (nSPS) is 17.7. The summed E-state index contributed by atoms with van der Waals surface area (Å²) in [6, 6.07) is 5.80. The number of hydrogen-bond acceptors (Lipinski definition) is 5. The Morgan fingerprint density at radius 3 is 2.59 bits per heavy atom. The molecule has 1 N–H and O–H groups in total. The molecule has 0 radical (unpaired) electrons. The maximum absolute atomic E-state index is 13.9. The first kappa shape index (κ1) is 19.8. The van der Waals surface area contributed by atoms with E-state index in [2.05, 4.69) is 19.5 Å². The summed E-state index contributed by atoms with van der Waals surface area (Å²) in [5.74, 6) is -1.79. The molecule has 1 aromatic carbocycles. The van der Waals surface area contributed by atoms with Gasteiger partial charge < -0.3 is 4.90 Å². The summed E-state index contributed by atoms with van der Waals surface area (Å²) in [5.41, 5.74) is 0.865. The van der Waals surface area contributed by atoms with Gasteiger partial charge in [0.1, 0.15) is 16.5 Å². The van der Waals surface area contributed by atoms with Crippen LogP contribution in [-0.2, 0) is 10.0 Å². The summed E-state index contributed by atoms with van der Waals surface area (Å²) in [5, 5.41) is 0. The molecule has 0 amide bonds. The first-order valence-electron chi connectivity index (χ1n) is 8.64. The third-order valence-electron chi connectivity index (χ3n) is 4.70. The van der Waals surface area contributed by atoms with Crippen LogP contribution in [0.4, 0.5) is 8.78 Å². The Morgan fingerprint density at radius 1 is 1.19 bits per heavy atom. The van der Waals surface area contributed by atoms with Gasteiger partial charge in [-0.3, -0.25) is 9.88 Å². The van der Waals surface area contributed by atoms with Gasteiger partial charge in [-0.2, -0.15) is 0 Å². The number of likely N-dealkylation sites (N-methyl/N-ethyl adjacent to an activating group) is 1. The van der Waals surface area contributed by atoms with E-state index in [-0.39, 0.29) is 12.6 Å². The number of nitrogens with zero attached hydrogens (tertiary/aromatic N) is 3. The quantitative estimate of drug-likeness (QED) is 0.804. The molecule has 146 valence electrons. The molecule has 1 atom stereocenters. The lowest BCUT2D eigenvalue weighted by molar-refractivity contribution is 0.112. The molecule has 1 saturated heterocycles. The molecule has 1 aliphatic heterocycles. The number of pyridine rings is 1. The summed E-state index contributed by atoms with van der Waals surface area (Å²) in [7, 11) is -2.15. The summed E-state index contributed by atoms with van der Waals surface area (Å²) in [6.45, 7) is 3.30. The number of piperazine rings is 1. The average Bonchev–Trinajstić information content (AvgIpc) is 2.66. The van der Waals surface area contributed by atoms with Crippen LogP contribution >= 0.6 is 0 Å². The highest BCUT2D eigenvalue weighted by Crippen LogP contribution is 2.22. The third kappa shape index (κ3) is 4.86. The van der Waals surface area contributed by atoms with Gasteiger partial charge in [-0.1, -0.05) is 6.07 Å². The molecule has 27 heavy (non-hydrogen) atoms. The van der Waals surface area contributed by atoms with Gasteiger partial charge in [-0.15, -0.1) is 0 Å². The predicted octanol–water partition coefficient (Wildman–Crippen LogP) is 1.63. The number of halogens is 2. The van der Waals surface area contributed by atoms with Gasteiger partial charge in [-0.05, 0) is 36.9 Å². The van der Waals surface area contributed by atoms with Crippen molar-refractivity contribution in [1.82, 2.24) is 19.5 Å². The van der Waals surface area contributed by atoms with Gasteiger partial charge in [0.05, 0.1) is 0 Å². The average molecular weight is 396 g/mol. The maximum atomic E-state index is 13.9. The lowest BCUT2D eigenvalue weighted by atomic mass is 10.1. The number of hydrogen-bond donors (Lipinski definition) is 1. The second-order valence-corrected chi connectivity index (χ2v) is 8.30. The van der Waals surface area contributed by atoms with Gasteiger partial charge in [0.2, 0.25) is 10.0 Å². The van der Waals surface area contributed by atoms with E-state index in [9.17, 15) is 17.2 Å². The molecule has 0 aliphatic carbocycles. The minimum absolute atomic E-state index is 0.0354. The van der Waals surface area contributed by atoms with Gasteiger partial charge in [0.25, 0.3) is 0 Å². The lowest BCUT2D eigenvalue weighted by Gasteiger charge is -2.38. The molecule has 1 aromatic heterocycles. The van der Waals surface area contributed by atoms with Crippen LogP contribution in [0.3, 0.4) is 0 Å². The van der Waals surface area contributed by atoms with E-state index in [1.54, 1.807) is 18.5 Å². The summed E-state index contributed by atoms with van der Waals surface area (Å²) >= 11 is 0. The van der Waals surface area contributed by atoms with Crippen molar-refractivity contribution in [3.63, 3.8) is 0 Å². The van der Waals surface area contributed by atoms with Crippen LogP contribution in [0.5, 0.6) is 0 Å². The number of rotatable bonds is 6. The molecule has 0 saturated carbocycles. The zero-order chi connectivity index (χ0) is 19.4. The molecule has 1 unspecified atom stereocenters. The summed E-state index contributed by atoms with van der Waals surface area (Å²) < 4.78 is 54.8. The van der Waals surface area contributed by atoms with Crippen LogP contribution in [0, 0.1) is 11.6 Å². The van der Waals surface area contributed by atoms with Crippen LogP contribution in [0.25, 0.3) is 0 Å². The van der Waals surface area contributed by atoms with Crippen molar-refractivity contribution in [2.24, 2.45) is 0 Å². The molecule has 2 aromatic rings. The zero-order valence-electron chi connectivity index (χ0n) is 15.0. The molecule has 6 nitrogen and oxygen atoms in total. The second kappa shape index (κ2) is 8.39. The molecule has 1 fully saturated rings. The van der Waals surface area contributed by atoms with E-state index in [1.165, 1.54) is 0 Å². The SMILES string of the molecule is CN1CCN(C(CNS(=O)(=O)c2cc(F)ccc2F)c2cccnc2)CC1. The van der Waals surface area contributed by atoms with Gasteiger partial charge in [0, 0.05) is 51.2 Å². The van der Waals surface area contributed by atoms with E-state index in [1.807, 2.05) is 13.1 Å². The fraction of sp³-hybridized carbons (Fsp3) is 0.389. The largest absolute Gasteiger partial charge is 0.304 e. The van der Waals surface area contributed by atoms with Crippen molar-refractivity contribution in [2.75, 3.05) is 39.8 Å². The van der Waals surface area contributed by atoms with Crippen LogP contribution in [0.1, 0.15) is 11.6 Å². The second-order valence-electron chi connectivity index (χ2n) is 6.57. The molecule has 0 spiro atoms. The highest BCUT2D eigenvalue weighted by atomic mass is 32.2. The Bertz CT molecular complexity index is 872. The van der Waals surface area contributed by atoms with E-state index in [0.29, 0.717) is 6.07 Å². The highest BCUT2D eigenvalue weighted by molar-refractivity contribution is 7.89. The van der Waals surface area contributed by atoms with Gasteiger partial charge >= 0.3 is 0 Å². The molecule has 9 heteroatoms. The smallest absolute Gasteiger partial charge is 0.243 e. The molecule has 2 heterocycles. The minimum Gasteiger partial charge on any atom is -0.304 e. The van der Waals surface area contributed by atoms with Crippen LogP contribution < -0.4 is 4.72 Å². The van der Waals surface area contributed by atoms with Crippen molar-refractivity contribution in [3.8, 4) is 0 Å². The van der Waals surface area contributed by atoms with Crippen LogP contribution in [-0.4, -0.2) is 63.0 Å². The number of sulfonamides is 1. The molecule has 1 aliphatic rings. The van der Waals surface area contributed by atoms with Crippen LogP contribution in [0.15, 0.2) is 47.6 Å². The molecule has 0 bridgehead atoms. The highest BCUT2D eigenvalue weighted by Gasteiger charge is 2.27. The Morgan fingerprint density at radius 2 is 1.93 bits per heavy atom. The van der Waals surface area contributed by atoms with E-state index < -0.39 is 26.6 Å². The molecule has 3 rings (SSSR count). The Balaban J connectivity index is 1.81. The van der Waals surface area contributed by atoms with Crippen LogP contribution in [0.2, 0.25) is 0 Å². The summed E-state index contributed by atoms with van der Waals surface area (Å²) in [4.78, 5) is 7.80. The molecular weight excluding hydrogens is 374 g/mol. The third-order valence-corrected chi connectivity index (χ3v) is 6.14. The van der Waals surface area contributed by atoms with E-state index >= 15 is 0 Å². The maximum Gasteiger partial charge on any atom is 0.243 e. The summed E-state index contributed by atoms with van der Waals surface area (Å²) in [6.07, 6.45) is 3.34.